The molecule has 172 valence electrons. The Hall–Kier alpha value is -2.09. The predicted octanol–water partition coefficient (Wildman–Crippen LogP) is 4.51. The maximum Gasteiger partial charge on any atom is 0.340 e. The number of hydrogen-bond donors (Lipinski definition) is 0. The number of aryl methyl sites for hydroxylation is 1. The van der Waals surface area contributed by atoms with E-state index in [2.05, 4.69) is 4.90 Å². The number of esters is 1. The fourth-order valence-electron chi connectivity index (χ4n) is 4.35. The molecule has 2 saturated heterocycles. The molecule has 2 heterocycles. The summed E-state index contributed by atoms with van der Waals surface area (Å²) in [5.74, 6) is -0.505. The Bertz CT molecular complexity index is 1050. The molecule has 0 bridgehead atoms. The first kappa shape index (κ1) is 23.1. The van der Waals surface area contributed by atoms with Crippen molar-refractivity contribution in [3.8, 4) is 0 Å². The molecule has 0 spiro atoms. The van der Waals surface area contributed by atoms with Crippen molar-refractivity contribution in [1.82, 2.24) is 4.31 Å². The fraction of sp³-hybridized carbons (Fsp3) is 0.458. The minimum absolute atomic E-state index is 0.0137. The molecule has 0 N–H and O–H groups in total. The molecule has 0 radical (unpaired) electrons. The van der Waals surface area contributed by atoms with Gasteiger partial charge in [-0.2, -0.15) is 4.31 Å². The summed E-state index contributed by atoms with van der Waals surface area (Å²) >= 11 is 6.46. The largest absolute Gasteiger partial charge is 0.462 e. The lowest BCUT2D eigenvalue weighted by atomic mass is 10.1. The van der Waals surface area contributed by atoms with Gasteiger partial charge in [-0.15, -0.1) is 0 Å². The average molecular weight is 477 g/mol. The van der Waals surface area contributed by atoms with Gasteiger partial charge in [-0.3, -0.25) is 0 Å². The average Bonchev–Trinajstić information content (AvgIpc) is 3.52. The number of carbonyl (C=O) groups is 1. The van der Waals surface area contributed by atoms with E-state index in [9.17, 15) is 13.2 Å². The monoisotopic (exact) mass is 476 g/mol. The Morgan fingerprint density at radius 3 is 2.31 bits per heavy atom. The van der Waals surface area contributed by atoms with Crippen LogP contribution in [0.3, 0.4) is 0 Å². The molecule has 0 saturated carbocycles. The first-order valence-electron chi connectivity index (χ1n) is 11.3. The second kappa shape index (κ2) is 10.2. The molecule has 0 aliphatic carbocycles. The Morgan fingerprint density at radius 2 is 1.62 bits per heavy atom. The van der Waals surface area contributed by atoms with Gasteiger partial charge in [-0.05, 0) is 56.2 Å². The van der Waals surface area contributed by atoms with Gasteiger partial charge in [0.25, 0.3) is 0 Å². The Morgan fingerprint density at radius 1 is 0.969 bits per heavy atom. The van der Waals surface area contributed by atoms with Crippen LogP contribution in [-0.4, -0.2) is 51.5 Å². The van der Waals surface area contributed by atoms with Gasteiger partial charge in [0.15, 0.2) is 0 Å². The van der Waals surface area contributed by atoms with E-state index in [1.54, 1.807) is 6.07 Å². The van der Waals surface area contributed by atoms with Crippen LogP contribution in [0.25, 0.3) is 0 Å². The second-order valence-electron chi connectivity index (χ2n) is 8.33. The van der Waals surface area contributed by atoms with Crippen molar-refractivity contribution < 1.29 is 17.9 Å². The van der Waals surface area contributed by atoms with Crippen LogP contribution in [0.1, 0.15) is 48.0 Å². The van der Waals surface area contributed by atoms with E-state index < -0.39 is 16.0 Å². The standard InChI is InChI=1S/C24H29ClN2O4S/c25-21-18-22(26-12-4-5-13-26)20(17-23(21)32(29,30)27-14-6-7-15-27)24(28)31-16-8-11-19-9-2-1-3-10-19/h1-3,9-10,17-18H,4-8,11-16H2. The van der Waals surface area contributed by atoms with E-state index in [4.69, 9.17) is 16.3 Å². The molecule has 2 aliphatic heterocycles. The summed E-state index contributed by atoms with van der Waals surface area (Å²) in [6.07, 6.45) is 5.22. The topological polar surface area (TPSA) is 66.9 Å². The fourth-order valence-corrected chi connectivity index (χ4v) is 6.39. The summed E-state index contributed by atoms with van der Waals surface area (Å²) < 4.78 is 33.3. The zero-order valence-corrected chi connectivity index (χ0v) is 19.7. The van der Waals surface area contributed by atoms with Crippen molar-refractivity contribution in [3.05, 3.63) is 58.6 Å². The third kappa shape index (κ3) is 5.11. The van der Waals surface area contributed by atoms with Crippen LogP contribution in [-0.2, 0) is 21.2 Å². The van der Waals surface area contributed by atoms with Crippen LogP contribution < -0.4 is 4.90 Å². The smallest absolute Gasteiger partial charge is 0.340 e. The lowest BCUT2D eigenvalue weighted by Crippen LogP contribution is -2.29. The van der Waals surface area contributed by atoms with Crippen molar-refractivity contribution in [3.63, 3.8) is 0 Å². The summed E-state index contributed by atoms with van der Waals surface area (Å²) in [5.41, 5.74) is 2.11. The Balaban J connectivity index is 1.55. The van der Waals surface area contributed by atoms with Crippen LogP contribution in [0.4, 0.5) is 5.69 Å². The van der Waals surface area contributed by atoms with Crippen LogP contribution in [0.15, 0.2) is 47.4 Å². The van der Waals surface area contributed by atoms with Gasteiger partial charge < -0.3 is 9.64 Å². The number of rotatable bonds is 8. The number of benzene rings is 2. The molecule has 0 amide bonds. The molecule has 0 unspecified atom stereocenters. The quantitative estimate of drug-likeness (QED) is 0.414. The number of carbonyl (C=O) groups excluding carboxylic acids is 1. The number of sulfonamides is 1. The van der Waals surface area contributed by atoms with E-state index in [0.717, 1.165) is 45.2 Å². The molecule has 4 rings (SSSR count). The highest BCUT2D eigenvalue weighted by molar-refractivity contribution is 7.89. The summed E-state index contributed by atoms with van der Waals surface area (Å²) in [4.78, 5) is 15.1. The zero-order chi connectivity index (χ0) is 22.6. The van der Waals surface area contributed by atoms with Crippen molar-refractivity contribution in [2.75, 3.05) is 37.7 Å². The third-order valence-electron chi connectivity index (χ3n) is 6.09. The van der Waals surface area contributed by atoms with E-state index in [1.165, 1.54) is 15.9 Å². The van der Waals surface area contributed by atoms with Gasteiger partial charge in [0.2, 0.25) is 10.0 Å². The van der Waals surface area contributed by atoms with E-state index in [-0.39, 0.29) is 22.1 Å². The highest BCUT2D eigenvalue weighted by Crippen LogP contribution is 2.35. The Labute approximate surface area is 195 Å². The molecule has 6 nitrogen and oxygen atoms in total. The summed E-state index contributed by atoms with van der Waals surface area (Å²) in [5, 5.41) is 0.152. The summed E-state index contributed by atoms with van der Waals surface area (Å²) in [6.45, 7) is 2.84. The van der Waals surface area contributed by atoms with Gasteiger partial charge in [0, 0.05) is 26.2 Å². The maximum absolute atomic E-state index is 13.2. The van der Waals surface area contributed by atoms with Crippen LogP contribution >= 0.6 is 11.6 Å². The molecule has 2 aromatic rings. The summed E-state index contributed by atoms with van der Waals surface area (Å²) in [6, 6.07) is 13.1. The summed E-state index contributed by atoms with van der Waals surface area (Å²) in [7, 11) is -3.75. The minimum Gasteiger partial charge on any atom is -0.462 e. The molecule has 2 aromatic carbocycles. The van der Waals surface area contributed by atoms with Crippen molar-refractivity contribution >= 4 is 33.3 Å². The van der Waals surface area contributed by atoms with Gasteiger partial charge in [0.1, 0.15) is 4.90 Å². The van der Waals surface area contributed by atoms with Gasteiger partial charge in [0.05, 0.1) is 22.9 Å². The van der Waals surface area contributed by atoms with Crippen LogP contribution in [0, 0.1) is 0 Å². The first-order chi connectivity index (χ1) is 15.5. The molecule has 2 fully saturated rings. The number of anilines is 1. The molecular weight excluding hydrogens is 448 g/mol. The number of ether oxygens (including phenoxy) is 1. The van der Waals surface area contributed by atoms with Crippen molar-refractivity contribution in [2.45, 2.75) is 43.4 Å². The third-order valence-corrected chi connectivity index (χ3v) is 8.45. The first-order valence-corrected chi connectivity index (χ1v) is 13.1. The SMILES string of the molecule is O=C(OCCCc1ccccc1)c1cc(S(=O)(=O)N2CCCC2)c(Cl)cc1N1CCCC1. The van der Waals surface area contributed by atoms with Crippen molar-refractivity contribution in [2.24, 2.45) is 0 Å². The van der Waals surface area contributed by atoms with Gasteiger partial charge >= 0.3 is 5.97 Å². The van der Waals surface area contributed by atoms with E-state index in [0.29, 0.717) is 25.2 Å². The molecule has 8 heteroatoms. The van der Waals surface area contributed by atoms with Crippen LogP contribution in [0.5, 0.6) is 0 Å². The van der Waals surface area contributed by atoms with Gasteiger partial charge in [-0.1, -0.05) is 41.9 Å². The lowest BCUT2D eigenvalue weighted by molar-refractivity contribution is 0.0501. The van der Waals surface area contributed by atoms with Crippen LogP contribution in [0.2, 0.25) is 5.02 Å². The highest BCUT2D eigenvalue weighted by atomic mass is 35.5. The highest BCUT2D eigenvalue weighted by Gasteiger charge is 2.32. The lowest BCUT2D eigenvalue weighted by Gasteiger charge is -2.23. The predicted molar refractivity (Wildman–Crippen MR) is 126 cm³/mol. The maximum atomic E-state index is 13.2. The number of hydrogen-bond acceptors (Lipinski definition) is 5. The molecule has 0 aromatic heterocycles. The zero-order valence-electron chi connectivity index (χ0n) is 18.1. The number of halogens is 1. The number of nitrogens with zero attached hydrogens (tertiary/aromatic N) is 2. The molecule has 2 aliphatic rings. The molecule has 0 atom stereocenters. The normalized spacial score (nSPS) is 17.1. The minimum atomic E-state index is -3.75. The molecule has 32 heavy (non-hydrogen) atoms. The Kier molecular flexibility index (Phi) is 7.38. The van der Waals surface area contributed by atoms with E-state index >= 15 is 0 Å². The van der Waals surface area contributed by atoms with Crippen molar-refractivity contribution in [1.29, 1.82) is 0 Å². The molecular formula is C24H29ClN2O4S. The second-order valence-corrected chi connectivity index (χ2v) is 10.6. The van der Waals surface area contributed by atoms with E-state index in [1.807, 2.05) is 30.3 Å². The van der Waals surface area contributed by atoms with Gasteiger partial charge in [-0.25, -0.2) is 13.2 Å².